The third kappa shape index (κ3) is 4.99. The molecule has 0 aromatic carbocycles. The van der Waals surface area contributed by atoms with Crippen LogP contribution in [0.2, 0.25) is 0 Å². The van der Waals surface area contributed by atoms with E-state index >= 15 is 0 Å². The SMILES string of the molecule is O=C1CCC(NC(=O)CCC(F)(F)F)CN1. The minimum absolute atomic E-state index is 0.0965. The lowest BCUT2D eigenvalue weighted by molar-refractivity contribution is -0.144. The van der Waals surface area contributed by atoms with Crippen LogP contribution in [0.25, 0.3) is 0 Å². The molecule has 1 unspecified atom stereocenters. The van der Waals surface area contributed by atoms with Crippen molar-refractivity contribution < 1.29 is 22.8 Å². The van der Waals surface area contributed by atoms with Crippen molar-refractivity contribution in [3.8, 4) is 0 Å². The quantitative estimate of drug-likeness (QED) is 0.761. The molecule has 16 heavy (non-hydrogen) atoms. The Hall–Kier alpha value is -1.27. The minimum atomic E-state index is -4.31. The maximum Gasteiger partial charge on any atom is 0.389 e. The molecule has 1 aliphatic heterocycles. The molecule has 1 rings (SSSR count). The van der Waals surface area contributed by atoms with Crippen LogP contribution < -0.4 is 10.6 Å². The van der Waals surface area contributed by atoms with E-state index in [1.807, 2.05) is 0 Å². The van der Waals surface area contributed by atoms with Gasteiger partial charge in [-0.05, 0) is 6.42 Å². The lowest BCUT2D eigenvalue weighted by Crippen LogP contribution is -2.47. The van der Waals surface area contributed by atoms with E-state index in [4.69, 9.17) is 0 Å². The van der Waals surface area contributed by atoms with Gasteiger partial charge in [0, 0.05) is 25.4 Å². The Balaban J connectivity index is 2.22. The second kappa shape index (κ2) is 5.18. The molecule has 0 radical (unpaired) electrons. The molecule has 2 N–H and O–H groups in total. The molecule has 0 aromatic heterocycles. The molecule has 2 amide bonds. The summed E-state index contributed by atoms with van der Waals surface area (Å²) in [4.78, 5) is 21.9. The van der Waals surface area contributed by atoms with Crippen LogP contribution in [-0.4, -0.2) is 30.6 Å². The van der Waals surface area contributed by atoms with Gasteiger partial charge in [-0.3, -0.25) is 9.59 Å². The number of rotatable bonds is 3. The van der Waals surface area contributed by atoms with Crippen LogP contribution in [0, 0.1) is 0 Å². The summed E-state index contributed by atoms with van der Waals surface area (Å²) in [6.45, 7) is 0.288. The Bertz CT molecular complexity index is 268. The molecule has 0 bridgehead atoms. The zero-order valence-electron chi connectivity index (χ0n) is 8.56. The highest BCUT2D eigenvalue weighted by Gasteiger charge is 2.28. The van der Waals surface area contributed by atoms with Crippen molar-refractivity contribution >= 4 is 11.8 Å². The molecular formula is C9H13F3N2O2. The first kappa shape index (κ1) is 12.8. The second-order valence-corrected chi connectivity index (χ2v) is 3.72. The maximum atomic E-state index is 11.8. The number of hydrogen-bond donors (Lipinski definition) is 2. The van der Waals surface area contributed by atoms with Gasteiger partial charge < -0.3 is 10.6 Å². The van der Waals surface area contributed by atoms with Crippen LogP contribution in [0.4, 0.5) is 13.2 Å². The first-order valence-corrected chi connectivity index (χ1v) is 4.99. The van der Waals surface area contributed by atoms with Gasteiger partial charge >= 0.3 is 6.18 Å². The molecule has 1 fully saturated rings. The Morgan fingerprint density at radius 1 is 1.50 bits per heavy atom. The number of amides is 2. The van der Waals surface area contributed by atoms with E-state index in [-0.39, 0.29) is 18.5 Å². The van der Waals surface area contributed by atoms with Crippen LogP contribution in [0.15, 0.2) is 0 Å². The third-order valence-corrected chi connectivity index (χ3v) is 2.27. The normalized spacial score (nSPS) is 21.4. The number of carbonyl (C=O) groups excluding carboxylic acids is 2. The van der Waals surface area contributed by atoms with Crippen LogP contribution in [0.1, 0.15) is 25.7 Å². The van der Waals surface area contributed by atoms with Crippen molar-refractivity contribution in [3.63, 3.8) is 0 Å². The summed E-state index contributed by atoms with van der Waals surface area (Å²) in [6.07, 6.45) is -5.21. The summed E-state index contributed by atoms with van der Waals surface area (Å²) in [7, 11) is 0. The highest BCUT2D eigenvalue weighted by Crippen LogP contribution is 2.21. The van der Waals surface area contributed by atoms with Crippen molar-refractivity contribution in [2.45, 2.75) is 37.9 Å². The van der Waals surface area contributed by atoms with Gasteiger partial charge in [0.05, 0.1) is 6.42 Å². The van der Waals surface area contributed by atoms with Gasteiger partial charge in [-0.2, -0.15) is 13.2 Å². The maximum absolute atomic E-state index is 11.8. The number of alkyl halides is 3. The molecule has 0 aromatic rings. The zero-order chi connectivity index (χ0) is 12.2. The Kier molecular flexibility index (Phi) is 4.14. The molecule has 0 aliphatic carbocycles. The number of carbonyl (C=O) groups is 2. The average Bonchev–Trinajstić information content (AvgIpc) is 2.18. The first-order chi connectivity index (χ1) is 7.37. The van der Waals surface area contributed by atoms with Crippen molar-refractivity contribution in [3.05, 3.63) is 0 Å². The molecule has 92 valence electrons. The Morgan fingerprint density at radius 2 is 2.19 bits per heavy atom. The van der Waals surface area contributed by atoms with Gasteiger partial charge in [0.2, 0.25) is 11.8 Å². The van der Waals surface area contributed by atoms with Crippen LogP contribution >= 0.6 is 0 Å². The molecule has 1 atom stereocenters. The molecule has 1 aliphatic rings. The highest BCUT2D eigenvalue weighted by atomic mass is 19.4. The van der Waals surface area contributed by atoms with E-state index in [1.165, 1.54) is 0 Å². The molecular weight excluding hydrogens is 225 g/mol. The van der Waals surface area contributed by atoms with E-state index in [0.717, 1.165) is 0 Å². The predicted octanol–water partition coefficient (Wildman–Crippen LogP) is 0.724. The molecule has 1 heterocycles. The molecule has 4 nitrogen and oxygen atoms in total. The van der Waals surface area contributed by atoms with E-state index < -0.39 is 24.9 Å². The monoisotopic (exact) mass is 238 g/mol. The van der Waals surface area contributed by atoms with E-state index in [9.17, 15) is 22.8 Å². The third-order valence-electron chi connectivity index (χ3n) is 2.27. The van der Waals surface area contributed by atoms with Crippen LogP contribution in [0.5, 0.6) is 0 Å². The highest BCUT2D eigenvalue weighted by molar-refractivity contribution is 5.78. The summed E-state index contributed by atoms with van der Waals surface area (Å²) < 4.78 is 35.4. The summed E-state index contributed by atoms with van der Waals surface area (Å²) in [5.41, 5.74) is 0. The standard InChI is InChI=1S/C9H13F3N2O2/c10-9(11,12)4-3-8(16)14-6-1-2-7(15)13-5-6/h6H,1-5H2,(H,13,15)(H,14,16). The van der Waals surface area contributed by atoms with Crippen LogP contribution in [0.3, 0.4) is 0 Å². The topological polar surface area (TPSA) is 58.2 Å². The van der Waals surface area contributed by atoms with Gasteiger partial charge in [0.1, 0.15) is 0 Å². The molecule has 7 heteroatoms. The average molecular weight is 238 g/mol. The van der Waals surface area contributed by atoms with E-state index in [0.29, 0.717) is 12.8 Å². The number of piperidine rings is 1. The number of nitrogens with one attached hydrogen (secondary N) is 2. The fourth-order valence-electron chi connectivity index (χ4n) is 1.41. The molecule has 1 saturated heterocycles. The number of hydrogen-bond acceptors (Lipinski definition) is 2. The van der Waals surface area contributed by atoms with E-state index in [1.54, 1.807) is 0 Å². The molecule has 0 spiro atoms. The second-order valence-electron chi connectivity index (χ2n) is 3.72. The zero-order valence-corrected chi connectivity index (χ0v) is 8.56. The van der Waals surface area contributed by atoms with Gasteiger partial charge in [-0.25, -0.2) is 0 Å². The summed E-state index contributed by atoms with van der Waals surface area (Å²) in [5, 5.41) is 4.99. The Morgan fingerprint density at radius 3 is 2.69 bits per heavy atom. The largest absolute Gasteiger partial charge is 0.389 e. The first-order valence-electron chi connectivity index (χ1n) is 4.99. The summed E-state index contributed by atoms with van der Waals surface area (Å²) in [5.74, 6) is -0.723. The van der Waals surface area contributed by atoms with Gasteiger partial charge in [0.15, 0.2) is 0 Å². The van der Waals surface area contributed by atoms with Crippen molar-refractivity contribution in [1.29, 1.82) is 0 Å². The van der Waals surface area contributed by atoms with Gasteiger partial charge in [0.25, 0.3) is 0 Å². The minimum Gasteiger partial charge on any atom is -0.354 e. The van der Waals surface area contributed by atoms with Crippen molar-refractivity contribution in [1.82, 2.24) is 10.6 Å². The van der Waals surface area contributed by atoms with E-state index in [2.05, 4.69) is 10.6 Å². The molecule has 0 saturated carbocycles. The summed E-state index contributed by atoms with van der Waals surface area (Å²) >= 11 is 0. The van der Waals surface area contributed by atoms with Gasteiger partial charge in [-0.1, -0.05) is 0 Å². The fraction of sp³-hybridized carbons (Fsp3) is 0.778. The lowest BCUT2D eigenvalue weighted by Gasteiger charge is -2.23. The van der Waals surface area contributed by atoms with Crippen molar-refractivity contribution in [2.75, 3.05) is 6.54 Å². The lowest BCUT2D eigenvalue weighted by atomic mass is 10.1. The van der Waals surface area contributed by atoms with Gasteiger partial charge in [-0.15, -0.1) is 0 Å². The predicted molar refractivity (Wildman–Crippen MR) is 49.5 cm³/mol. The Labute approximate surface area is 90.6 Å². The number of halogens is 3. The fourth-order valence-corrected chi connectivity index (χ4v) is 1.41. The van der Waals surface area contributed by atoms with Crippen LogP contribution in [-0.2, 0) is 9.59 Å². The van der Waals surface area contributed by atoms with Crippen molar-refractivity contribution in [2.24, 2.45) is 0 Å². The summed E-state index contributed by atoms with van der Waals surface area (Å²) in [6, 6.07) is -0.251. The smallest absolute Gasteiger partial charge is 0.354 e.